The normalized spacial score (nSPS) is 12.3. The summed E-state index contributed by atoms with van der Waals surface area (Å²) in [4.78, 5) is 18.2. The Morgan fingerprint density at radius 1 is 1.24 bits per heavy atom. The number of rotatable bonds is 8. The van der Waals surface area contributed by atoms with Gasteiger partial charge in [-0.25, -0.2) is 18.2 Å². The number of carbonyl (C=O) groups is 1. The van der Waals surface area contributed by atoms with Crippen LogP contribution in [0.15, 0.2) is 41.6 Å². The van der Waals surface area contributed by atoms with Gasteiger partial charge in [0.2, 0.25) is 0 Å². The summed E-state index contributed by atoms with van der Waals surface area (Å²) in [5.74, 6) is -0.380. The average Bonchev–Trinajstić information content (AvgIpc) is 2.64. The first-order valence-electron chi connectivity index (χ1n) is 9.33. The van der Waals surface area contributed by atoms with Crippen LogP contribution in [-0.4, -0.2) is 44.4 Å². The maximum atomic E-state index is 12.4. The molecule has 0 aliphatic rings. The Kier molecular flexibility index (Phi) is 7.87. The summed E-state index contributed by atoms with van der Waals surface area (Å²) in [6.45, 7) is 9.35. The number of halogens is 1. The van der Waals surface area contributed by atoms with E-state index in [4.69, 9.17) is 16.3 Å². The van der Waals surface area contributed by atoms with Gasteiger partial charge in [-0.15, -0.1) is 0 Å². The number of hydrogen-bond acceptors (Lipinski definition) is 6. The van der Waals surface area contributed by atoms with Gasteiger partial charge in [0.25, 0.3) is 0 Å². The zero-order valence-electron chi connectivity index (χ0n) is 17.0. The van der Waals surface area contributed by atoms with E-state index in [1.54, 1.807) is 0 Å². The zero-order chi connectivity index (χ0) is 21.6. The molecule has 9 heteroatoms. The van der Waals surface area contributed by atoms with Crippen LogP contribution in [0.4, 0.5) is 16.2 Å². The van der Waals surface area contributed by atoms with Crippen LogP contribution in [0.1, 0.15) is 26.3 Å². The predicted molar refractivity (Wildman–Crippen MR) is 116 cm³/mol. The van der Waals surface area contributed by atoms with Crippen molar-refractivity contribution in [3.05, 3.63) is 47.1 Å². The summed E-state index contributed by atoms with van der Waals surface area (Å²) in [6.07, 6.45) is -0.305. The molecule has 0 bridgehead atoms. The highest BCUT2D eigenvalue weighted by Gasteiger charge is 2.22. The first-order valence-corrected chi connectivity index (χ1v) is 11.4. The molecule has 0 aliphatic carbocycles. The highest BCUT2D eigenvalue weighted by Crippen LogP contribution is 2.23. The summed E-state index contributed by atoms with van der Waals surface area (Å²) in [6, 6.07) is 8.50. The van der Waals surface area contributed by atoms with Gasteiger partial charge < -0.3 is 9.64 Å². The Morgan fingerprint density at radius 3 is 2.48 bits per heavy atom. The standard InChI is InChI=1S/C20H26ClN3O4S/c1-5-24(6-2)17-8-9-18(14(3)11-17)23-20(25)28-15(4)13-29(26,27)19-10-7-16(21)12-22-19/h7-12,15H,5-6,13H2,1-4H3,(H,23,25). The molecule has 29 heavy (non-hydrogen) atoms. The molecule has 1 N–H and O–H groups in total. The number of nitrogens with one attached hydrogen (secondary N) is 1. The van der Waals surface area contributed by atoms with Crippen LogP contribution in [0.3, 0.4) is 0 Å². The smallest absolute Gasteiger partial charge is 0.411 e. The molecule has 1 unspecified atom stereocenters. The highest BCUT2D eigenvalue weighted by molar-refractivity contribution is 7.91. The number of nitrogens with zero attached hydrogens (tertiary/aromatic N) is 2. The topological polar surface area (TPSA) is 88.6 Å². The molecule has 1 amide bonds. The largest absolute Gasteiger partial charge is 0.445 e. The van der Waals surface area contributed by atoms with Crippen LogP contribution in [-0.2, 0) is 14.6 Å². The van der Waals surface area contributed by atoms with E-state index >= 15 is 0 Å². The molecule has 0 spiro atoms. The van der Waals surface area contributed by atoms with Crippen LogP contribution >= 0.6 is 11.6 Å². The van der Waals surface area contributed by atoms with Crippen molar-refractivity contribution < 1.29 is 17.9 Å². The van der Waals surface area contributed by atoms with E-state index in [0.717, 1.165) is 24.3 Å². The molecule has 1 atom stereocenters. The second-order valence-corrected chi connectivity index (χ2v) is 9.03. The summed E-state index contributed by atoms with van der Waals surface area (Å²) >= 11 is 5.73. The van der Waals surface area contributed by atoms with E-state index in [1.807, 2.05) is 25.1 Å². The molecule has 2 aromatic rings. The van der Waals surface area contributed by atoms with Gasteiger partial charge in [0.1, 0.15) is 6.10 Å². The lowest BCUT2D eigenvalue weighted by molar-refractivity contribution is 0.131. The number of pyridine rings is 1. The number of carbonyl (C=O) groups excluding carboxylic acids is 1. The van der Waals surface area contributed by atoms with Gasteiger partial charge in [0, 0.05) is 30.7 Å². The van der Waals surface area contributed by atoms with Gasteiger partial charge in [0.05, 0.1) is 10.8 Å². The molecule has 2 rings (SSSR count). The third-order valence-electron chi connectivity index (χ3n) is 4.36. The van der Waals surface area contributed by atoms with E-state index in [-0.39, 0.29) is 10.8 Å². The summed E-state index contributed by atoms with van der Waals surface area (Å²) in [5, 5.41) is 2.90. The van der Waals surface area contributed by atoms with Crippen molar-refractivity contribution in [3.8, 4) is 0 Å². The number of aromatic nitrogens is 1. The molecule has 7 nitrogen and oxygen atoms in total. The third-order valence-corrected chi connectivity index (χ3v) is 6.37. The number of hydrogen-bond donors (Lipinski definition) is 1. The minimum absolute atomic E-state index is 0.111. The SMILES string of the molecule is CCN(CC)c1ccc(NC(=O)OC(C)CS(=O)(=O)c2ccc(Cl)cn2)c(C)c1. The highest BCUT2D eigenvalue weighted by atomic mass is 35.5. The van der Waals surface area contributed by atoms with Crippen molar-refractivity contribution in [3.63, 3.8) is 0 Å². The maximum absolute atomic E-state index is 12.4. The molecule has 1 heterocycles. The second kappa shape index (κ2) is 9.93. The van der Waals surface area contributed by atoms with Gasteiger partial charge in [-0.3, -0.25) is 5.32 Å². The lowest BCUT2D eigenvalue weighted by atomic mass is 10.1. The Hall–Kier alpha value is -2.32. The van der Waals surface area contributed by atoms with Gasteiger partial charge in [-0.05, 0) is 63.6 Å². The Balaban J connectivity index is 1.99. The summed E-state index contributed by atoms with van der Waals surface area (Å²) < 4.78 is 30.0. The molecule has 0 saturated carbocycles. The number of amides is 1. The van der Waals surface area contributed by atoms with Crippen molar-refractivity contribution in [1.29, 1.82) is 0 Å². The molecular formula is C20H26ClN3O4S. The van der Waals surface area contributed by atoms with Crippen molar-refractivity contribution >= 4 is 38.9 Å². The number of sulfone groups is 1. The minimum atomic E-state index is -3.70. The van der Waals surface area contributed by atoms with E-state index in [1.165, 1.54) is 25.3 Å². The van der Waals surface area contributed by atoms with Crippen LogP contribution in [0.25, 0.3) is 0 Å². The summed E-state index contributed by atoms with van der Waals surface area (Å²) in [7, 11) is -3.70. The molecule has 1 aromatic carbocycles. The van der Waals surface area contributed by atoms with E-state index < -0.39 is 22.0 Å². The number of benzene rings is 1. The monoisotopic (exact) mass is 439 g/mol. The van der Waals surface area contributed by atoms with Gasteiger partial charge >= 0.3 is 6.09 Å². The first-order chi connectivity index (χ1) is 13.7. The van der Waals surface area contributed by atoms with E-state index in [0.29, 0.717) is 10.7 Å². The molecule has 1 aromatic heterocycles. The Bertz CT molecular complexity index is 945. The second-order valence-electron chi connectivity index (χ2n) is 6.61. The Morgan fingerprint density at radius 2 is 1.93 bits per heavy atom. The number of anilines is 2. The maximum Gasteiger partial charge on any atom is 0.411 e. The molecule has 0 saturated heterocycles. The van der Waals surface area contributed by atoms with Crippen molar-refractivity contribution in [2.75, 3.05) is 29.1 Å². The fourth-order valence-corrected chi connectivity index (χ4v) is 4.33. The lowest BCUT2D eigenvalue weighted by Gasteiger charge is -2.22. The first kappa shape index (κ1) is 23.0. The zero-order valence-corrected chi connectivity index (χ0v) is 18.5. The molecule has 0 radical (unpaired) electrons. The third kappa shape index (κ3) is 6.33. The molecule has 0 fully saturated rings. The van der Waals surface area contributed by atoms with Gasteiger partial charge in [-0.1, -0.05) is 11.6 Å². The van der Waals surface area contributed by atoms with E-state index in [9.17, 15) is 13.2 Å². The van der Waals surface area contributed by atoms with Crippen LogP contribution < -0.4 is 10.2 Å². The lowest BCUT2D eigenvalue weighted by Crippen LogP contribution is -2.27. The van der Waals surface area contributed by atoms with Crippen molar-refractivity contribution in [1.82, 2.24) is 4.98 Å². The van der Waals surface area contributed by atoms with Crippen molar-refractivity contribution in [2.45, 2.75) is 38.8 Å². The predicted octanol–water partition coefficient (Wildman–Crippen LogP) is 4.30. The molecule has 158 valence electrons. The molecule has 0 aliphatic heterocycles. The minimum Gasteiger partial charge on any atom is -0.445 e. The van der Waals surface area contributed by atoms with Gasteiger partial charge in [-0.2, -0.15) is 0 Å². The quantitative estimate of drug-likeness (QED) is 0.659. The van der Waals surface area contributed by atoms with Gasteiger partial charge in [0.15, 0.2) is 14.9 Å². The Labute approximate surface area is 177 Å². The van der Waals surface area contributed by atoms with E-state index in [2.05, 4.69) is 29.0 Å². The fraction of sp³-hybridized carbons (Fsp3) is 0.400. The van der Waals surface area contributed by atoms with Crippen LogP contribution in [0, 0.1) is 6.92 Å². The van der Waals surface area contributed by atoms with Crippen LogP contribution in [0.5, 0.6) is 0 Å². The average molecular weight is 440 g/mol. The van der Waals surface area contributed by atoms with Crippen molar-refractivity contribution in [2.24, 2.45) is 0 Å². The fourth-order valence-electron chi connectivity index (χ4n) is 2.87. The molecular weight excluding hydrogens is 414 g/mol. The summed E-state index contributed by atoms with van der Waals surface area (Å²) in [5.41, 5.74) is 2.57. The number of ether oxygens (including phenoxy) is 1. The number of aryl methyl sites for hydroxylation is 1. The van der Waals surface area contributed by atoms with Crippen LogP contribution in [0.2, 0.25) is 5.02 Å².